The summed E-state index contributed by atoms with van der Waals surface area (Å²) >= 11 is 0. The Labute approximate surface area is 193 Å². The minimum absolute atomic E-state index is 0.216. The third-order valence-corrected chi connectivity index (χ3v) is 7.31. The Morgan fingerprint density at radius 2 is 1.70 bits per heavy atom. The van der Waals surface area contributed by atoms with E-state index in [1.54, 1.807) is 18.2 Å². The Bertz CT molecular complexity index is 1220. The molecule has 0 radical (unpaired) electrons. The molecular formula is C24H26N2O6S. The number of ether oxygens (including phenoxy) is 3. The van der Waals surface area contributed by atoms with Crippen molar-refractivity contribution in [3.63, 3.8) is 0 Å². The maximum absolute atomic E-state index is 12.7. The van der Waals surface area contributed by atoms with Crippen LogP contribution in [0, 0.1) is 0 Å². The Balaban J connectivity index is 1.32. The first-order valence-corrected chi connectivity index (χ1v) is 12.1. The standard InChI is InChI=1S/C24H26N2O6S/c1-30-23-17-19-5-3-2-4-18(19)16-22(23)24(27)25-10-13-32-20-6-8-21(9-7-20)33(28,29)26-11-14-31-15-12-26/h2-9,16-17H,10-15H2,1H3,(H,25,27). The number of amides is 1. The van der Waals surface area contributed by atoms with E-state index < -0.39 is 10.0 Å². The van der Waals surface area contributed by atoms with Crippen LogP contribution in [-0.4, -0.2) is 65.2 Å². The first-order valence-electron chi connectivity index (χ1n) is 10.6. The molecule has 1 saturated heterocycles. The van der Waals surface area contributed by atoms with E-state index in [1.165, 1.54) is 23.5 Å². The summed E-state index contributed by atoms with van der Waals surface area (Å²) in [5, 5.41) is 4.77. The van der Waals surface area contributed by atoms with Crippen molar-refractivity contribution in [2.45, 2.75) is 4.90 Å². The molecule has 4 rings (SSSR count). The van der Waals surface area contributed by atoms with E-state index in [9.17, 15) is 13.2 Å². The molecule has 1 amide bonds. The summed E-state index contributed by atoms with van der Waals surface area (Å²) in [5.41, 5.74) is 0.453. The van der Waals surface area contributed by atoms with Crippen molar-refractivity contribution in [2.24, 2.45) is 0 Å². The lowest BCUT2D eigenvalue weighted by atomic mass is 10.1. The summed E-state index contributed by atoms with van der Waals surface area (Å²) in [4.78, 5) is 12.9. The van der Waals surface area contributed by atoms with Crippen molar-refractivity contribution >= 4 is 26.7 Å². The second kappa shape index (κ2) is 10.2. The highest BCUT2D eigenvalue weighted by Gasteiger charge is 2.26. The summed E-state index contributed by atoms with van der Waals surface area (Å²) in [6.07, 6.45) is 0. The summed E-state index contributed by atoms with van der Waals surface area (Å²) in [6.45, 7) is 2.01. The monoisotopic (exact) mass is 470 g/mol. The van der Waals surface area contributed by atoms with E-state index in [0.717, 1.165) is 10.8 Å². The van der Waals surface area contributed by atoms with Gasteiger partial charge in [-0.05, 0) is 47.2 Å². The molecule has 1 heterocycles. The van der Waals surface area contributed by atoms with Gasteiger partial charge in [0.05, 0.1) is 37.3 Å². The number of hydrogen-bond acceptors (Lipinski definition) is 6. The van der Waals surface area contributed by atoms with Crippen LogP contribution >= 0.6 is 0 Å². The zero-order valence-corrected chi connectivity index (χ0v) is 19.1. The number of sulfonamides is 1. The second-order valence-corrected chi connectivity index (χ2v) is 9.43. The summed E-state index contributed by atoms with van der Waals surface area (Å²) < 4.78 is 43.0. The van der Waals surface area contributed by atoms with E-state index in [2.05, 4.69) is 5.32 Å². The normalized spacial score (nSPS) is 14.7. The quantitative estimate of drug-likeness (QED) is 0.509. The van der Waals surface area contributed by atoms with Crippen LogP contribution in [0.15, 0.2) is 65.6 Å². The second-order valence-electron chi connectivity index (χ2n) is 7.49. The molecule has 9 heteroatoms. The fourth-order valence-corrected chi connectivity index (χ4v) is 5.05. The van der Waals surface area contributed by atoms with E-state index >= 15 is 0 Å². The van der Waals surface area contributed by atoms with Crippen LogP contribution in [0.2, 0.25) is 0 Å². The maximum atomic E-state index is 12.7. The number of hydrogen-bond donors (Lipinski definition) is 1. The topological polar surface area (TPSA) is 94.2 Å². The molecule has 0 atom stereocenters. The molecule has 1 aliphatic rings. The Morgan fingerprint density at radius 1 is 1.03 bits per heavy atom. The summed E-state index contributed by atoms with van der Waals surface area (Å²) in [7, 11) is -2.00. The van der Waals surface area contributed by atoms with Crippen molar-refractivity contribution in [1.29, 1.82) is 0 Å². The van der Waals surface area contributed by atoms with Crippen molar-refractivity contribution < 1.29 is 27.4 Å². The Kier molecular flexibility index (Phi) is 7.12. The van der Waals surface area contributed by atoms with Crippen molar-refractivity contribution in [3.8, 4) is 11.5 Å². The first kappa shape index (κ1) is 23.0. The molecule has 3 aromatic carbocycles. The van der Waals surface area contributed by atoms with Crippen LogP contribution in [0.1, 0.15) is 10.4 Å². The van der Waals surface area contributed by atoms with Crippen LogP contribution in [0.4, 0.5) is 0 Å². The number of rotatable bonds is 8. The minimum Gasteiger partial charge on any atom is -0.496 e. The average Bonchev–Trinajstić information content (AvgIpc) is 2.86. The molecule has 0 unspecified atom stereocenters. The number of morpholine rings is 1. The van der Waals surface area contributed by atoms with Crippen molar-refractivity contribution in [1.82, 2.24) is 9.62 Å². The molecule has 0 aromatic heterocycles. The van der Waals surface area contributed by atoms with Gasteiger partial charge in [-0.1, -0.05) is 24.3 Å². The van der Waals surface area contributed by atoms with Gasteiger partial charge in [0.1, 0.15) is 18.1 Å². The number of nitrogens with zero attached hydrogens (tertiary/aromatic N) is 1. The zero-order valence-electron chi connectivity index (χ0n) is 18.3. The zero-order chi connectivity index (χ0) is 23.3. The van der Waals surface area contributed by atoms with Crippen LogP contribution in [0.5, 0.6) is 11.5 Å². The van der Waals surface area contributed by atoms with Crippen LogP contribution in [0.3, 0.4) is 0 Å². The molecule has 8 nitrogen and oxygen atoms in total. The molecule has 3 aromatic rings. The predicted molar refractivity (Wildman–Crippen MR) is 124 cm³/mol. The van der Waals surface area contributed by atoms with E-state index in [0.29, 0.717) is 43.4 Å². The SMILES string of the molecule is COc1cc2ccccc2cc1C(=O)NCCOc1ccc(S(=O)(=O)N2CCOCC2)cc1. The smallest absolute Gasteiger partial charge is 0.255 e. The third-order valence-electron chi connectivity index (χ3n) is 5.40. The third kappa shape index (κ3) is 5.27. The minimum atomic E-state index is -3.54. The average molecular weight is 471 g/mol. The van der Waals surface area contributed by atoms with Gasteiger partial charge in [-0.25, -0.2) is 8.42 Å². The van der Waals surface area contributed by atoms with E-state index in [1.807, 2.05) is 30.3 Å². The molecule has 1 N–H and O–H groups in total. The molecular weight excluding hydrogens is 444 g/mol. The van der Waals surface area contributed by atoms with E-state index in [-0.39, 0.29) is 24.0 Å². The van der Waals surface area contributed by atoms with Gasteiger partial charge in [-0.2, -0.15) is 4.31 Å². The molecule has 0 saturated carbocycles. The van der Waals surface area contributed by atoms with Crippen LogP contribution < -0.4 is 14.8 Å². The maximum Gasteiger partial charge on any atom is 0.255 e. The van der Waals surface area contributed by atoms with Crippen LogP contribution in [0.25, 0.3) is 10.8 Å². The highest BCUT2D eigenvalue weighted by atomic mass is 32.2. The highest BCUT2D eigenvalue weighted by Crippen LogP contribution is 2.26. The molecule has 0 aliphatic carbocycles. The first-order chi connectivity index (χ1) is 16.0. The molecule has 0 spiro atoms. The molecule has 1 aliphatic heterocycles. The fourth-order valence-electron chi connectivity index (χ4n) is 3.64. The number of nitrogens with one attached hydrogen (secondary N) is 1. The van der Waals surface area contributed by atoms with Gasteiger partial charge in [0.2, 0.25) is 10.0 Å². The number of methoxy groups -OCH3 is 1. The largest absolute Gasteiger partial charge is 0.496 e. The molecule has 1 fully saturated rings. The highest BCUT2D eigenvalue weighted by molar-refractivity contribution is 7.89. The number of benzene rings is 3. The lowest BCUT2D eigenvalue weighted by Crippen LogP contribution is -2.40. The molecule has 174 valence electrons. The lowest BCUT2D eigenvalue weighted by molar-refractivity contribution is 0.0730. The Hall–Kier alpha value is -3.14. The predicted octanol–water partition coefficient (Wildman–Crippen LogP) is 2.68. The van der Waals surface area contributed by atoms with Gasteiger partial charge >= 0.3 is 0 Å². The summed E-state index contributed by atoms with van der Waals surface area (Å²) in [5.74, 6) is 0.769. The van der Waals surface area contributed by atoms with Crippen molar-refractivity contribution in [2.75, 3.05) is 46.6 Å². The van der Waals surface area contributed by atoms with Gasteiger partial charge < -0.3 is 19.5 Å². The number of carbonyl (C=O) groups is 1. The van der Waals surface area contributed by atoms with E-state index in [4.69, 9.17) is 14.2 Å². The number of carbonyl (C=O) groups excluding carboxylic acids is 1. The fraction of sp³-hybridized carbons (Fsp3) is 0.292. The van der Waals surface area contributed by atoms with Gasteiger partial charge in [-0.15, -0.1) is 0 Å². The number of fused-ring (bicyclic) bond motifs is 1. The lowest BCUT2D eigenvalue weighted by Gasteiger charge is -2.26. The molecule has 0 bridgehead atoms. The van der Waals surface area contributed by atoms with Gasteiger partial charge in [0.25, 0.3) is 5.91 Å². The van der Waals surface area contributed by atoms with Gasteiger partial charge in [0, 0.05) is 13.1 Å². The van der Waals surface area contributed by atoms with Gasteiger partial charge in [0.15, 0.2) is 0 Å². The Morgan fingerprint density at radius 3 is 2.36 bits per heavy atom. The van der Waals surface area contributed by atoms with Crippen LogP contribution in [-0.2, 0) is 14.8 Å². The summed E-state index contributed by atoms with van der Waals surface area (Å²) in [6, 6.07) is 17.7. The molecule has 33 heavy (non-hydrogen) atoms. The van der Waals surface area contributed by atoms with Crippen molar-refractivity contribution in [3.05, 3.63) is 66.2 Å². The van der Waals surface area contributed by atoms with Gasteiger partial charge in [-0.3, -0.25) is 4.79 Å².